The van der Waals surface area contributed by atoms with Gasteiger partial charge in [-0.2, -0.15) is 5.10 Å². The van der Waals surface area contributed by atoms with Crippen molar-refractivity contribution in [1.29, 1.82) is 0 Å². The Bertz CT molecular complexity index is 1250. The lowest BCUT2D eigenvalue weighted by molar-refractivity contribution is 0.0600. The lowest BCUT2D eigenvalue weighted by Crippen LogP contribution is -2.45. The second kappa shape index (κ2) is 8.97. The number of nitrogens with one attached hydrogen (secondary N) is 1. The molecule has 1 fully saturated rings. The number of carbonyl (C=O) groups excluding carboxylic acids is 1. The largest absolute Gasteiger partial charge is 0.448 e. The summed E-state index contributed by atoms with van der Waals surface area (Å²) in [5.41, 5.74) is 3.07. The number of halogens is 2. The van der Waals surface area contributed by atoms with Crippen molar-refractivity contribution < 1.29 is 18.0 Å². The van der Waals surface area contributed by atoms with Crippen molar-refractivity contribution in [2.24, 2.45) is 0 Å². The molecule has 1 atom stereocenters. The number of H-pyrrole nitrogens is 1. The van der Waals surface area contributed by atoms with Gasteiger partial charge in [-0.05, 0) is 61.2 Å². The van der Waals surface area contributed by atoms with Gasteiger partial charge in [0.25, 0.3) is 5.91 Å². The fraction of sp³-hybridized carbons (Fsp3) is 0.240. The summed E-state index contributed by atoms with van der Waals surface area (Å²) in [6, 6.07) is 12.0. The van der Waals surface area contributed by atoms with E-state index in [-0.39, 0.29) is 23.6 Å². The molecular formula is C25H22F2N4O2. The number of amides is 1. The number of nitrogens with zero attached hydrogens (tertiary/aromatic N) is 3. The highest BCUT2D eigenvalue weighted by Crippen LogP contribution is 2.28. The molecule has 3 heterocycles. The first-order valence-electron chi connectivity index (χ1n) is 10.9. The molecule has 33 heavy (non-hydrogen) atoms. The Morgan fingerprint density at radius 2 is 1.73 bits per heavy atom. The Morgan fingerprint density at radius 3 is 2.45 bits per heavy atom. The molecule has 2 aromatic heterocycles. The first-order chi connectivity index (χ1) is 16.1. The van der Waals surface area contributed by atoms with Crippen molar-refractivity contribution in [2.75, 3.05) is 6.54 Å². The molecular weight excluding hydrogens is 426 g/mol. The van der Waals surface area contributed by atoms with Gasteiger partial charge in [0, 0.05) is 36.3 Å². The molecule has 8 heteroatoms. The van der Waals surface area contributed by atoms with Crippen LogP contribution in [0.25, 0.3) is 22.4 Å². The van der Waals surface area contributed by atoms with E-state index in [4.69, 9.17) is 4.42 Å². The quantitative estimate of drug-likeness (QED) is 0.453. The second-order valence-electron chi connectivity index (χ2n) is 8.14. The Kier molecular flexibility index (Phi) is 5.73. The molecule has 6 nitrogen and oxygen atoms in total. The van der Waals surface area contributed by atoms with E-state index >= 15 is 0 Å². The maximum atomic E-state index is 13.5. The summed E-state index contributed by atoms with van der Waals surface area (Å²) < 4.78 is 32.2. The number of likely N-dealkylation sites (tertiary alicyclic amines) is 1. The molecule has 168 valence electrons. The lowest BCUT2D eigenvalue weighted by Gasteiger charge is -2.35. The minimum atomic E-state index is -0.336. The van der Waals surface area contributed by atoms with Gasteiger partial charge in [0.15, 0.2) is 11.6 Å². The number of hydrogen-bond donors (Lipinski definition) is 1. The summed E-state index contributed by atoms with van der Waals surface area (Å²) >= 11 is 0. The van der Waals surface area contributed by atoms with Crippen molar-refractivity contribution in [1.82, 2.24) is 20.1 Å². The Morgan fingerprint density at radius 1 is 1.03 bits per heavy atom. The highest BCUT2D eigenvalue weighted by atomic mass is 19.1. The van der Waals surface area contributed by atoms with E-state index in [1.165, 1.54) is 24.3 Å². The number of piperidine rings is 1. The topological polar surface area (TPSA) is 75.0 Å². The SMILES string of the molecule is O=C(c1n[nH]cc1-c1ccc(F)cc1)N1CCCC[C@H]1Cc1nc(-c2ccc(F)cc2)co1. The molecule has 0 spiro atoms. The van der Waals surface area contributed by atoms with Crippen LogP contribution in [0.2, 0.25) is 0 Å². The molecule has 0 bridgehead atoms. The molecule has 5 rings (SSSR count). The van der Waals surface area contributed by atoms with E-state index in [2.05, 4.69) is 15.2 Å². The third-order valence-corrected chi connectivity index (χ3v) is 5.99. The van der Waals surface area contributed by atoms with Crippen LogP contribution in [-0.2, 0) is 6.42 Å². The van der Waals surface area contributed by atoms with Gasteiger partial charge >= 0.3 is 0 Å². The lowest BCUT2D eigenvalue weighted by atomic mass is 9.97. The van der Waals surface area contributed by atoms with Crippen molar-refractivity contribution in [2.45, 2.75) is 31.7 Å². The smallest absolute Gasteiger partial charge is 0.275 e. The Hall–Kier alpha value is -3.81. The van der Waals surface area contributed by atoms with E-state index < -0.39 is 0 Å². The Labute approximate surface area is 189 Å². The minimum absolute atomic E-state index is 0.0799. The highest BCUT2D eigenvalue weighted by Gasteiger charge is 2.31. The molecule has 1 amide bonds. The Balaban J connectivity index is 1.36. The van der Waals surface area contributed by atoms with Crippen LogP contribution in [0.4, 0.5) is 8.78 Å². The summed E-state index contributed by atoms with van der Waals surface area (Å²) in [6.07, 6.45) is 6.43. The summed E-state index contributed by atoms with van der Waals surface area (Å²) in [4.78, 5) is 19.8. The van der Waals surface area contributed by atoms with Crippen LogP contribution in [0, 0.1) is 11.6 Å². The molecule has 0 unspecified atom stereocenters. The number of rotatable bonds is 5. The zero-order valence-electron chi connectivity index (χ0n) is 17.8. The van der Waals surface area contributed by atoms with Gasteiger partial charge in [-0.15, -0.1) is 0 Å². The van der Waals surface area contributed by atoms with Crippen molar-refractivity contribution >= 4 is 5.91 Å². The summed E-state index contributed by atoms with van der Waals surface area (Å²) in [6.45, 7) is 0.616. The third-order valence-electron chi connectivity index (χ3n) is 5.99. The predicted molar refractivity (Wildman–Crippen MR) is 118 cm³/mol. The first kappa shape index (κ1) is 21.1. The highest BCUT2D eigenvalue weighted by molar-refractivity contribution is 5.99. The van der Waals surface area contributed by atoms with Crippen molar-refractivity contribution in [3.63, 3.8) is 0 Å². The van der Waals surface area contributed by atoms with Gasteiger partial charge in [-0.25, -0.2) is 13.8 Å². The average molecular weight is 448 g/mol. The zero-order chi connectivity index (χ0) is 22.8. The maximum Gasteiger partial charge on any atom is 0.275 e. The molecule has 4 aromatic rings. The van der Waals surface area contributed by atoms with Gasteiger partial charge in [-0.1, -0.05) is 12.1 Å². The predicted octanol–water partition coefficient (Wildman–Crippen LogP) is 5.25. The minimum Gasteiger partial charge on any atom is -0.448 e. The van der Waals surface area contributed by atoms with E-state index in [9.17, 15) is 13.6 Å². The van der Waals surface area contributed by atoms with E-state index in [1.807, 2.05) is 4.90 Å². The monoisotopic (exact) mass is 448 g/mol. The number of aromatic amines is 1. The van der Waals surface area contributed by atoms with Crippen LogP contribution in [0.1, 0.15) is 35.6 Å². The van der Waals surface area contributed by atoms with Crippen LogP contribution < -0.4 is 0 Å². The van der Waals surface area contributed by atoms with Crippen LogP contribution in [0.15, 0.2) is 65.4 Å². The number of oxazole rings is 1. The normalized spacial score (nSPS) is 16.2. The van der Waals surface area contributed by atoms with Gasteiger partial charge in [0.1, 0.15) is 23.6 Å². The maximum absolute atomic E-state index is 13.5. The molecule has 0 saturated carbocycles. The van der Waals surface area contributed by atoms with E-state index in [0.29, 0.717) is 35.8 Å². The van der Waals surface area contributed by atoms with Crippen LogP contribution in [0.5, 0.6) is 0 Å². The van der Waals surface area contributed by atoms with Crippen LogP contribution in [0.3, 0.4) is 0 Å². The fourth-order valence-electron chi connectivity index (χ4n) is 4.28. The van der Waals surface area contributed by atoms with Gasteiger partial charge in [0.05, 0.1) is 0 Å². The summed E-state index contributed by atoms with van der Waals surface area (Å²) in [5.74, 6) is -0.292. The van der Waals surface area contributed by atoms with Crippen molar-refractivity contribution in [3.8, 4) is 22.4 Å². The first-order valence-corrected chi connectivity index (χ1v) is 10.9. The van der Waals surface area contributed by atoms with Gasteiger partial charge in [-0.3, -0.25) is 9.89 Å². The number of hydrogen-bond acceptors (Lipinski definition) is 4. The van der Waals surface area contributed by atoms with Gasteiger partial charge < -0.3 is 9.32 Å². The van der Waals surface area contributed by atoms with Crippen LogP contribution >= 0.6 is 0 Å². The second-order valence-corrected chi connectivity index (χ2v) is 8.14. The van der Waals surface area contributed by atoms with Crippen molar-refractivity contribution in [3.05, 3.63) is 84.2 Å². The zero-order valence-corrected chi connectivity index (χ0v) is 17.8. The summed E-state index contributed by atoms with van der Waals surface area (Å²) in [7, 11) is 0. The molecule has 1 N–H and O–H groups in total. The molecule has 2 aromatic carbocycles. The molecule has 1 saturated heterocycles. The standard InChI is InChI=1S/C25H22F2N4O2/c26-18-8-4-16(5-9-18)21-14-28-30-24(21)25(32)31-12-2-1-3-20(31)13-23-29-22(15-33-23)17-6-10-19(27)11-7-17/h4-11,14-15,20H,1-3,12-13H2,(H,28,30)/t20-/m0/s1. The number of aromatic nitrogens is 3. The fourth-order valence-corrected chi connectivity index (χ4v) is 4.28. The van der Waals surface area contributed by atoms with Gasteiger partial charge in [0.2, 0.25) is 0 Å². The number of carbonyl (C=O) groups is 1. The third kappa shape index (κ3) is 4.41. The molecule has 0 aliphatic carbocycles. The molecule has 1 aliphatic rings. The van der Waals surface area contributed by atoms with E-state index in [0.717, 1.165) is 30.4 Å². The van der Waals surface area contributed by atoms with Crippen LogP contribution in [-0.4, -0.2) is 38.6 Å². The van der Waals surface area contributed by atoms with E-state index in [1.54, 1.807) is 36.7 Å². The average Bonchev–Trinajstić information content (AvgIpc) is 3.50. The number of benzene rings is 2. The molecule has 1 aliphatic heterocycles. The molecule has 0 radical (unpaired) electrons. The summed E-state index contributed by atoms with van der Waals surface area (Å²) in [5, 5.41) is 6.98.